The molecule has 0 heterocycles. The lowest BCUT2D eigenvalue weighted by Gasteiger charge is -2.00. The fourth-order valence-corrected chi connectivity index (χ4v) is 1.33. The Morgan fingerprint density at radius 1 is 1.38 bits per heavy atom. The molecule has 0 aliphatic carbocycles. The molecule has 0 amide bonds. The van der Waals surface area contributed by atoms with E-state index in [4.69, 9.17) is 10.3 Å². The Kier molecular flexibility index (Phi) is 2.35. The maximum Gasteiger partial charge on any atom is 0.294 e. The second kappa shape index (κ2) is 3.15. The van der Waals surface area contributed by atoms with Gasteiger partial charge >= 0.3 is 0 Å². The van der Waals surface area contributed by atoms with Crippen LogP contribution in [-0.4, -0.2) is 19.3 Å². The Morgan fingerprint density at radius 2 is 2.00 bits per heavy atom. The standard InChI is InChI=1S/C7H7NO4S/c8-7-2-1-6(13(10,11)12)3-5(7)4-9/h1-4H,8H2,(H,10,11,12). The van der Waals surface area contributed by atoms with Gasteiger partial charge in [0.05, 0.1) is 4.90 Å². The number of aldehydes is 1. The van der Waals surface area contributed by atoms with Gasteiger partial charge in [0.1, 0.15) is 0 Å². The van der Waals surface area contributed by atoms with Gasteiger partial charge in [-0.05, 0) is 18.2 Å². The van der Waals surface area contributed by atoms with Crippen molar-refractivity contribution in [3.63, 3.8) is 0 Å². The lowest BCUT2D eigenvalue weighted by atomic mass is 10.2. The van der Waals surface area contributed by atoms with Gasteiger partial charge in [-0.25, -0.2) is 0 Å². The van der Waals surface area contributed by atoms with Gasteiger partial charge in [0.15, 0.2) is 6.29 Å². The van der Waals surface area contributed by atoms with Crippen LogP contribution in [0.25, 0.3) is 0 Å². The molecular weight excluding hydrogens is 194 g/mol. The molecule has 0 fully saturated rings. The Labute approximate surface area is 74.9 Å². The molecule has 6 heteroatoms. The summed E-state index contributed by atoms with van der Waals surface area (Å²) in [4.78, 5) is 10.0. The van der Waals surface area contributed by atoms with Crippen LogP contribution in [-0.2, 0) is 10.1 Å². The Morgan fingerprint density at radius 3 is 2.46 bits per heavy atom. The summed E-state index contributed by atoms with van der Waals surface area (Å²) in [5, 5.41) is 0. The first-order valence-electron chi connectivity index (χ1n) is 3.27. The van der Waals surface area contributed by atoms with E-state index in [1.54, 1.807) is 0 Å². The minimum Gasteiger partial charge on any atom is -0.398 e. The van der Waals surface area contributed by atoms with Crippen LogP contribution in [0.2, 0.25) is 0 Å². The number of hydrogen-bond donors (Lipinski definition) is 2. The molecule has 13 heavy (non-hydrogen) atoms. The summed E-state index contributed by atoms with van der Waals surface area (Å²) >= 11 is 0. The second-order valence-corrected chi connectivity index (χ2v) is 3.81. The minimum absolute atomic E-state index is 0.0372. The van der Waals surface area contributed by atoms with Crippen LogP contribution in [0, 0.1) is 0 Å². The lowest BCUT2D eigenvalue weighted by Crippen LogP contribution is -2.01. The van der Waals surface area contributed by atoms with Gasteiger partial charge < -0.3 is 5.73 Å². The van der Waals surface area contributed by atoms with Gasteiger partial charge in [-0.3, -0.25) is 9.35 Å². The number of carbonyl (C=O) groups excluding carboxylic acids is 1. The van der Waals surface area contributed by atoms with Crippen LogP contribution >= 0.6 is 0 Å². The largest absolute Gasteiger partial charge is 0.398 e. The highest BCUT2D eigenvalue weighted by molar-refractivity contribution is 7.85. The molecular formula is C7H7NO4S. The molecule has 0 unspecified atom stereocenters. The van der Waals surface area contributed by atoms with Gasteiger partial charge in [0.2, 0.25) is 0 Å². The van der Waals surface area contributed by atoms with Crippen LogP contribution < -0.4 is 5.73 Å². The number of carbonyl (C=O) groups is 1. The number of hydrogen-bond acceptors (Lipinski definition) is 4. The van der Waals surface area contributed by atoms with Gasteiger partial charge in [0, 0.05) is 11.3 Å². The molecule has 0 aromatic heterocycles. The molecule has 5 nitrogen and oxygen atoms in total. The van der Waals surface area contributed by atoms with Crippen molar-refractivity contribution in [1.29, 1.82) is 0 Å². The molecule has 1 aromatic carbocycles. The lowest BCUT2D eigenvalue weighted by molar-refractivity contribution is 0.112. The average Bonchev–Trinajstić information content (AvgIpc) is 2.03. The molecule has 1 rings (SSSR count). The van der Waals surface area contributed by atoms with Crippen molar-refractivity contribution in [2.75, 3.05) is 5.73 Å². The van der Waals surface area contributed by atoms with E-state index in [1.807, 2.05) is 0 Å². The Bertz CT molecular complexity index is 438. The average molecular weight is 201 g/mol. The van der Waals surface area contributed by atoms with Crippen molar-refractivity contribution in [2.24, 2.45) is 0 Å². The third kappa shape index (κ3) is 2.04. The molecule has 70 valence electrons. The summed E-state index contributed by atoms with van der Waals surface area (Å²) in [5.41, 5.74) is 5.54. The predicted octanol–water partition coefficient (Wildman–Crippen LogP) is 0.328. The Balaban J connectivity index is 3.38. The zero-order chi connectivity index (χ0) is 10.1. The van der Waals surface area contributed by atoms with E-state index in [0.29, 0.717) is 6.29 Å². The zero-order valence-corrected chi connectivity index (χ0v) is 7.28. The molecule has 0 atom stereocenters. The quantitative estimate of drug-likeness (QED) is 0.408. The number of nitrogen functional groups attached to an aromatic ring is 1. The van der Waals surface area contributed by atoms with E-state index in [-0.39, 0.29) is 16.1 Å². The van der Waals surface area contributed by atoms with E-state index < -0.39 is 10.1 Å². The van der Waals surface area contributed by atoms with Gasteiger partial charge in [0.25, 0.3) is 10.1 Å². The molecule has 1 aromatic rings. The van der Waals surface area contributed by atoms with Crippen molar-refractivity contribution in [3.8, 4) is 0 Å². The molecule has 0 saturated carbocycles. The molecule has 0 saturated heterocycles. The smallest absolute Gasteiger partial charge is 0.294 e. The van der Waals surface area contributed by atoms with E-state index in [2.05, 4.69) is 0 Å². The third-order valence-corrected chi connectivity index (χ3v) is 2.33. The highest BCUT2D eigenvalue weighted by atomic mass is 32.2. The zero-order valence-electron chi connectivity index (χ0n) is 6.47. The predicted molar refractivity (Wildman–Crippen MR) is 46.1 cm³/mol. The first kappa shape index (κ1) is 9.69. The number of anilines is 1. The number of benzene rings is 1. The molecule has 0 aliphatic rings. The first-order chi connectivity index (χ1) is 5.95. The Hall–Kier alpha value is -1.40. The van der Waals surface area contributed by atoms with Crippen LogP contribution in [0.1, 0.15) is 10.4 Å². The first-order valence-corrected chi connectivity index (χ1v) is 4.71. The monoisotopic (exact) mass is 201 g/mol. The molecule has 0 bridgehead atoms. The van der Waals surface area contributed by atoms with Crippen LogP contribution in [0.4, 0.5) is 5.69 Å². The van der Waals surface area contributed by atoms with E-state index in [1.165, 1.54) is 6.07 Å². The van der Waals surface area contributed by atoms with E-state index in [9.17, 15) is 13.2 Å². The normalized spacial score (nSPS) is 11.2. The van der Waals surface area contributed by atoms with Crippen molar-refractivity contribution in [2.45, 2.75) is 4.90 Å². The summed E-state index contributed by atoms with van der Waals surface area (Å²) in [7, 11) is -4.27. The second-order valence-electron chi connectivity index (χ2n) is 2.38. The van der Waals surface area contributed by atoms with Crippen LogP contribution in [0.15, 0.2) is 23.1 Å². The van der Waals surface area contributed by atoms with Crippen LogP contribution in [0.5, 0.6) is 0 Å². The van der Waals surface area contributed by atoms with Crippen molar-refractivity contribution in [3.05, 3.63) is 23.8 Å². The third-order valence-electron chi connectivity index (χ3n) is 1.48. The highest BCUT2D eigenvalue weighted by Gasteiger charge is 2.10. The topological polar surface area (TPSA) is 97.5 Å². The maximum absolute atomic E-state index is 10.6. The fourth-order valence-electron chi connectivity index (χ4n) is 0.815. The fraction of sp³-hybridized carbons (Fsp3) is 0. The summed E-state index contributed by atoms with van der Waals surface area (Å²) in [5.74, 6) is 0. The highest BCUT2D eigenvalue weighted by Crippen LogP contribution is 2.15. The van der Waals surface area contributed by atoms with Crippen molar-refractivity contribution in [1.82, 2.24) is 0 Å². The van der Waals surface area contributed by atoms with Crippen LogP contribution in [0.3, 0.4) is 0 Å². The summed E-state index contributed by atoms with van der Waals surface area (Å²) in [6.45, 7) is 0. The van der Waals surface area contributed by atoms with Gasteiger partial charge in [-0.15, -0.1) is 0 Å². The van der Waals surface area contributed by atoms with E-state index in [0.717, 1.165) is 12.1 Å². The summed E-state index contributed by atoms with van der Waals surface area (Å²) in [6.07, 6.45) is 0.421. The molecule has 0 spiro atoms. The van der Waals surface area contributed by atoms with Crippen molar-refractivity contribution < 1.29 is 17.8 Å². The SMILES string of the molecule is Nc1ccc(S(=O)(=O)O)cc1C=O. The van der Waals surface area contributed by atoms with Gasteiger partial charge in [-0.1, -0.05) is 0 Å². The number of nitrogens with two attached hydrogens (primary N) is 1. The summed E-state index contributed by atoms with van der Waals surface area (Å²) in [6, 6.07) is 3.38. The minimum atomic E-state index is -4.27. The molecule has 0 radical (unpaired) electrons. The number of rotatable bonds is 2. The maximum atomic E-state index is 10.6. The summed E-state index contributed by atoms with van der Waals surface area (Å²) < 4.78 is 29.8. The van der Waals surface area contributed by atoms with E-state index >= 15 is 0 Å². The molecule has 3 N–H and O–H groups in total. The molecule has 0 aliphatic heterocycles. The van der Waals surface area contributed by atoms with Gasteiger partial charge in [-0.2, -0.15) is 8.42 Å². The van der Waals surface area contributed by atoms with Crippen molar-refractivity contribution >= 4 is 22.1 Å².